The van der Waals surface area contributed by atoms with E-state index in [0.29, 0.717) is 11.9 Å². The van der Waals surface area contributed by atoms with Crippen molar-refractivity contribution in [2.24, 2.45) is 0 Å². The maximum Gasteiger partial charge on any atom is 0.227 e. The number of hydrogen-bond acceptors (Lipinski definition) is 6. The lowest BCUT2D eigenvalue weighted by atomic mass is 10.1. The van der Waals surface area contributed by atoms with Gasteiger partial charge in [-0.15, -0.1) is 11.3 Å². The molecular formula is C21H25N3O2S. The van der Waals surface area contributed by atoms with E-state index in [2.05, 4.69) is 39.3 Å². The minimum absolute atomic E-state index is 0.380. The Bertz CT molecular complexity index is 796. The van der Waals surface area contributed by atoms with Crippen LogP contribution in [0.15, 0.2) is 52.4 Å². The molecule has 0 radical (unpaired) electrons. The molecule has 3 aromatic rings. The van der Waals surface area contributed by atoms with Crippen molar-refractivity contribution in [3.63, 3.8) is 0 Å². The molecule has 0 unspecified atom stereocenters. The molecule has 0 bridgehead atoms. The van der Waals surface area contributed by atoms with E-state index in [1.54, 1.807) is 11.3 Å². The third-order valence-corrected chi connectivity index (χ3v) is 5.80. The number of piperidine rings is 1. The van der Waals surface area contributed by atoms with Crippen molar-refractivity contribution in [1.82, 2.24) is 15.0 Å². The van der Waals surface area contributed by atoms with Crippen LogP contribution in [0.25, 0.3) is 10.7 Å². The number of ether oxygens (including phenoxy) is 1. The first-order chi connectivity index (χ1) is 13.4. The molecule has 2 aromatic heterocycles. The molecule has 6 heteroatoms. The molecule has 1 aliphatic heterocycles. The molecule has 1 fully saturated rings. The van der Waals surface area contributed by atoms with Crippen LogP contribution >= 0.6 is 11.3 Å². The first-order valence-electron chi connectivity index (χ1n) is 9.61. The first-order valence-corrected chi connectivity index (χ1v) is 10.5. The van der Waals surface area contributed by atoms with Crippen LogP contribution in [0.4, 0.5) is 0 Å². The van der Waals surface area contributed by atoms with E-state index in [0.717, 1.165) is 62.7 Å². The Morgan fingerprint density at radius 3 is 2.74 bits per heavy atom. The summed E-state index contributed by atoms with van der Waals surface area (Å²) in [6, 6.07) is 14.4. The normalized spacial score (nSPS) is 16.0. The molecule has 4 rings (SSSR count). The summed E-state index contributed by atoms with van der Waals surface area (Å²) in [6.07, 6.45) is 4.47. The molecule has 5 nitrogen and oxygen atoms in total. The van der Waals surface area contributed by atoms with Gasteiger partial charge >= 0.3 is 0 Å². The summed E-state index contributed by atoms with van der Waals surface area (Å²) in [7, 11) is 0. The Kier molecular flexibility index (Phi) is 6.29. The minimum atomic E-state index is 0.380. The number of aryl methyl sites for hydroxylation is 1. The second-order valence-electron chi connectivity index (χ2n) is 6.93. The van der Waals surface area contributed by atoms with Crippen LogP contribution in [0.3, 0.4) is 0 Å². The van der Waals surface area contributed by atoms with Gasteiger partial charge in [0.05, 0.1) is 17.6 Å². The van der Waals surface area contributed by atoms with Gasteiger partial charge in [-0.1, -0.05) is 41.6 Å². The number of hydrogen-bond donors (Lipinski definition) is 0. The lowest BCUT2D eigenvalue weighted by Crippen LogP contribution is -2.37. The summed E-state index contributed by atoms with van der Waals surface area (Å²) in [5.41, 5.74) is 1.25. The van der Waals surface area contributed by atoms with Gasteiger partial charge in [-0.3, -0.25) is 0 Å². The quantitative estimate of drug-likeness (QED) is 0.577. The molecule has 0 saturated carbocycles. The Balaban J connectivity index is 1.14. The standard InChI is InChI=1S/C21H25N3O2S/c1-2-6-17(7-3-1)16-25-18-10-13-24(14-11-18)12-4-9-20-22-21(23-26-20)19-8-5-15-27-19/h1-3,5-8,15,18H,4,9-14,16H2. The van der Waals surface area contributed by atoms with Crippen LogP contribution in [0.1, 0.15) is 30.7 Å². The molecule has 0 aliphatic carbocycles. The first kappa shape index (κ1) is 18.3. The smallest absolute Gasteiger partial charge is 0.227 e. The minimum Gasteiger partial charge on any atom is -0.373 e. The Morgan fingerprint density at radius 2 is 1.96 bits per heavy atom. The number of likely N-dealkylation sites (tertiary alicyclic amines) is 1. The number of aromatic nitrogens is 2. The second-order valence-corrected chi connectivity index (χ2v) is 7.88. The molecule has 27 heavy (non-hydrogen) atoms. The number of benzene rings is 1. The zero-order valence-electron chi connectivity index (χ0n) is 15.4. The van der Waals surface area contributed by atoms with Crippen molar-refractivity contribution in [3.8, 4) is 10.7 Å². The summed E-state index contributed by atoms with van der Waals surface area (Å²) in [4.78, 5) is 8.07. The van der Waals surface area contributed by atoms with Crippen LogP contribution in [0.5, 0.6) is 0 Å². The molecule has 0 spiro atoms. The van der Waals surface area contributed by atoms with Crippen LogP contribution in [-0.2, 0) is 17.8 Å². The maximum atomic E-state index is 6.07. The van der Waals surface area contributed by atoms with Crippen molar-refractivity contribution in [3.05, 3.63) is 59.3 Å². The predicted octanol–water partition coefficient (Wildman–Crippen LogP) is 4.41. The van der Waals surface area contributed by atoms with Crippen LogP contribution in [-0.4, -0.2) is 40.8 Å². The van der Waals surface area contributed by atoms with Gasteiger partial charge < -0.3 is 14.2 Å². The molecule has 1 saturated heterocycles. The zero-order chi connectivity index (χ0) is 18.3. The van der Waals surface area contributed by atoms with Crippen LogP contribution < -0.4 is 0 Å². The van der Waals surface area contributed by atoms with Gasteiger partial charge in [0.25, 0.3) is 0 Å². The fraction of sp³-hybridized carbons (Fsp3) is 0.429. The SMILES string of the molecule is c1ccc(COC2CCN(CCCc3nc(-c4cccs4)no3)CC2)cc1. The summed E-state index contributed by atoms with van der Waals surface area (Å²) < 4.78 is 11.4. The van der Waals surface area contributed by atoms with E-state index in [9.17, 15) is 0 Å². The van der Waals surface area contributed by atoms with Gasteiger partial charge in [-0.2, -0.15) is 4.98 Å². The number of nitrogens with zero attached hydrogens (tertiary/aromatic N) is 3. The molecule has 1 aromatic carbocycles. The zero-order valence-corrected chi connectivity index (χ0v) is 16.2. The van der Waals surface area contributed by atoms with E-state index in [-0.39, 0.29) is 0 Å². The lowest BCUT2D eigenvalue weighted by Gasteiger charge is -2.31. The predicted molar refractivity (Wildman–Crippen MR) is 107 cm³/mol. The van der Waals surface area contributed by atoms with E-state index in [1.807, 2.05) is 23.6 Å². The third kappa shape index (κ3) is 5.25. The Hall–Kier alpha value is -2.02. The summed E-state index contributed by atoms with van der Waals surface area (Å²) in [6.45, 7) is 3.99. The fourth-order valence-corrected chi connectivity index (χ4v) is 4.05. The maximum absolute atomic E-state index is 6.07. The van der Waals surface area contributed by atoms with Gasteiger partial charge in [0.15, 0.2) is 0 Å². The summed E-state index contributed by atoms with van der Waals surface area (Å²) >= 11 is 1.63. The fourth-order valence-electron chi connectivity index (χ4n) is 3.40. The Labute approximate surface area is 164 Å². The largest absolute Gasteiger partial charge is 0.373 e. The van der Waals surface area contributed by atoms with Crippen molar-refractivity contribution in [2.45, 2.75) is 38.4 Å². The molecule has 142 valence electrons. The van der Waals surface area contributed by atoms with E-state index >= 15 is 0 Å². The van der Waals surface area contributed by atoms with E-state index in [1.165, 1.54) is 5.56 Å². The van der Waals surface area contributed by atoms with Crippen LogP contribution in [0.2, 0.25) is 0 Å². The molecule has 0 N–H and O–H groups in total. The van der Waals surface area contributed by atoms with Crippen molar-refractivity contribution >= 4 is 11.3 Å². The monoisotopic (exact) mass is 383 g/mol. The van der Waals surface area contributed by atoms with Crippen molar-refractivity contribution < 1.29 is 9.26 Å². The lowest BCUT2D eigenvalue weighted by molar-refractivity contribution is -0.00261. The Morgan fingerprint density at radius 1 is 1.11 bits per heavy atom. The highest BCUT2D eigenvalue weighted by molar-refractivity contribution is 7.13. The number of thiophene rings is 1. The molecule has 0 amide bonds. The van der Waals surface area contributed by atoms with Gasteiger partial charge in [-0.05, 0) is 42.8 Å². The van der Waals surface area contributed by atoms with Crippen molar-refractivity contribution in [2.75, 3.05) is 19.6 Å². The highest BCUT2D eigenvalue weighted by Gasteiger charge is 2.19. The van der Waals surface area contributed by atoms with Gasteiger partial charge in [0.2, 0.25) is 11.7 Å². The highest BCUT2D eigenvalue weighted by atomic mass is 32.1. The van der Waals surface area contributed by atoms with E-state index in [4.69, 9.17) is 9.26 Å². The molecule has 0 atom stereocenters. The summed E-state index contributed by atoms with van der Waals surface area (Å²) in [5, 5.41) is 6.10. The molecular weight excluding hydrogens is 358 g/mol. The van der Waals surface area contributed by atoms with Gasteiger partial charge in [-0.25, -0.2) is 0 Å². The average molecular weight is 384 g/mol. The van der Waals surface area contributed by atoms with Gasteiger partial charge in [0, 0.05) is 19.5 Å². The molecule has 1 aliphatic rings. The third-order valence-electron chi connectivity index (χ3n) is 4.94. The van der Waals surface area contributed by atoms with Crippen molar-refractivity contribution in [1.29, 1.82) is 0 Å². The summed E-state index contributed by atoms with van der Waals surface area (Å²) in [5.74, 6) is 1.44. The second kappa shape index (κ2) is 9.26. The molecule has 3 heterocycles. The van der Waals surface area contributed by atoms with E-state index < -0.39 is 0 Å². The average Bonchev–Trinajstić information content (AvgIpc) is 3.40. The topological polar surface area (TPSA) is 51.4 Å². The highest BCUT2D eigenvalue weighted by Crippen LogP contribution is 2.22. The number of rotatable bonds is 8. The van der Waals surface area contributed by atoms with Crippen LogP contribution in [0, 0.1) is 0 Å². The van der Waals surface area contributed by atoms with Gasteiger partial charge in [0.1, 0.15) is 0 Å².